The molecule has 32 heavy (non-hydrogen) atoms. The number of rotatable bonds is 8. The number of likely N-dealkylation sites (tertiary alicyclic amines) is 1. The van der Waals surface area contributed by atoms with Crippen molar-refractivity contribution < 1.29 is 18.7 Å². The Kier molecular flexibility index (Phi) is 6.82. The van der Waals surface area contributed by atoms with Crippen LogP contribution in [-0.2, 0) is 11.3 Å². The Morgan fingerprint density at radius 2 is 2.03 bits per heavy atom. The predicted molar refractivity (Wildman–Crippen MR) is 119 cm³/mol. The summed E-state index contributed by atoms with van der Waals surface area (Å²) in [6.07, 6.45) is 4.33. The van der Waals surface area contributed by atoms with Crippen molar-refractivity contribution in [2.24, 2.45) is 0 Å². The van der Waals surface area contributed by atoms with Gasteiger partial charge in [0.15, 0.2) is 0 Å². The average Bonchev–Trinajstić information content (AvgIpc) is 3.42. The second kappa shape index (κ2) is 9.93. The van der Waals surface area contributed by atoms with Gasteiger partial charge < -0.3 is 14.8 Å². The van der Waals surface area contributed by atoms with E-state index in [-0.39, 0.29) is 23.6 Å². The highest BCUT2D eigenvalue weighted by molar-refractivity contribution is 6.04. The summed E-state index contributed by atoms with van der Waals surface area (Å²) in [5.74, 6) is 0.0279. The molecule has 4 rings (SSSR count). The lowest BCUT2D eigenvalue weighted by atomic mass is 10.1. The van der Waals surface area contributed by atoms with Gasteiger partial charge in [0.1, 0.15) is 11.6 Å². The van der Waals surface area contributed by atoms with Crippen molar-refractivity contribution >= 4 is 11.6 Å². The number of nitrogens with one attached hydrogen (secondary N) is 1. The summed E-state index contributed by atoms with van der Waals surface area (Å²) in [4.78, 5) is 14.8. The molecule has 2 heterocycles. The fourth-order valence-electron chi connectivity index (χ4n) is 4.11. The predicted octanol–water partition coefficient (Wildman–Crippen LogP) is 3.75. The van der Waals surface area contributed by atoms with Gasteiger partial charge in [0.2, 0.25) is 0 Å². The fraction of sp³-hybridized carbons (Fsp3) is 0.333. The van der Waals surface area contributed by atoms with Crippen LogP contribution in [0.1, 0.15) is 28.4 Å². The van der Waals surface area contributed by atoms with E-state index in [1.54, 1.807) is 26.5 Å². The zero-order valence-electron chi connectivity index (χ0n) is 18.2. The molecule has 1 fully saturated rings. The smallest absolute Gasteiger partial charge is 0.255 e. The summed E-state index contributed by atoms with van der Waals surface area (Å²) in [5.41, 5.74) is 2.05. The van der Waals surface area contributed by atoms with Gasteiger partial charge in [-0.05, 0) is 42.3 Å². The largest absolute Gasteiger partial charge is 0.497 e. The van der Waals surface area contributed by atoms with Crippen molar-refractivity contribution in [1.82, 2.24) is 14.7 Å². The topological polar surface area (TPSA) is 68.6 Å². The number of benzene rings is 2. The Morgan fingerprint density at radius 1 is 1.22 bits per heavy atom. The van der Waals surface area contributed by atoms with Crippen LogP contribution >= 0.6 is 0 Å². The number of nitrogens with zero attached hydrogens (tertiary/aromatic N) is 3. The van der Waals surface area contributed by atoms with Gasteiger partial charge in [0, 0.05) is 38.0 Å². The molecule has 1 aliphatic rings. The molecular weight excluding hydrogens is 411 g/mol. The first-order valence-corrected chi connectivity index (χ1v) is 10.5. The van der Waals surface area contributed by atoms with Crippen LogP contribution in [0.4, 0.5) is 10.1 Å². The summed E-state index contributed by atoms with van der Waals surface area (Å²) >= 11 is 0. The van der Waals surface area contributed by atoms with E-state index in [1.165, 1.54) is 23.8 Å². The average molecular weight is 439 g/mol. The van der Waals surface area contributed by atoms with Gasteiger partial charge in [0.05, 0.1) is 31.6 Å². The molecule has 7 nitrogen and oxygen atoms in total. The molecule has 1 aromatic heterocycles. The van der Waals surface area contributed by atoms with Crippen molar-refractivity contribution in [3.63, 3.8) is 0 Å². The lowest BCUT2D eigenvalue weighted by Crippen LogP contribution is -2.32. The van der Waals surface area contributed by atoms with Crippen LogP contribution < -0.4 is 10.1 Å². The SMILES string of the molecule is COC[C@@H]1C[C@H](n2cc(NC(=O)c3cccc(F)c3)cn2)CN1Cc1ccc(OC)cc1. The Balaban J connectivity index is 1.42. The van der Waals surface area contributed by atoms with E-state index in [4.69, 9.17) is 9.47 Å². The number of hydrogen-bond donors (Lipinski definition) is 1. The van der Waals surface area contributed by atoms with Crippen molar-refractivity contribution in [3.8, 4) is 5.75 Å². The van der Waals surface area contributed by atoms with Gasteiger partial charge in [-0.25, -0.2) is 4.39 Å². The summed E-state index contributed by atoms with van der Waals surface area (Å²) in [5, 5.41) is 7.25. The molecule has 1 saturated heterocycles. The summed E-state index contributed by atoms with van der Waals surface area (Å²) in [7, 11) is 3.38. The molecule has 1 amide bonds. The number of anilines is 1. The molecule has 0 saturated carbocycles. The summed E-state index contributed by atoms with van der Waals surface area (Å²) < 4.78 is 26.0. The highest BCUT2D eigenvalue weighted by Gasteiger charge is 2.33. The van der Waals surface area contributed by atoms with E-state index in [9.17, 15) is 9.18 Å². The molecule has 2 atom stereocenters. The monoisotopic (exact) mass is 438 g/mol. The molecule has 1 N–H and O–H groups in total. The minimum atomic E-state index is -0.444. The quantitative estimate of drug-likeness (QED) is 0.580. The van der Waals surface area contributed by atoms with Crippen molar-refractivity contribution in [2.75, 3.05) is 32.7 Å². The van der Waals surface area contributed by atoms with E-state index >= 15 is 0 Å². The van der Waals surface area contributed by atoms with E-state index in [1.807, 2.05) is 23.0 Å². The van der Waals surface area contributed by atoms with Crippen LogP contribution in [-0.4, -0.2) is 54.0 Å². The molecule has 0 radical (unpaired) electrons. The Hall–Kier alpha value is -3.23. The molecule has 2 aromatic carbocycles. The third kappa shape index (κ3) is 5.15. The Bertz CT molecular complexity index is 1050. The number of carbonyl (C=O) groups excluding carboxylic acids is 1. The van der Waals surface area contributed by atoms with Crippen LogP contribution in [0.3, 0.4) is 0 Å². The van der Waals surface area contributed by atoms with E-state index < -0.39 is 5.82 Å². The lowest BCUT2D eigenvalue weighted by molar-refractivity contribution is 0.102. The van der Waals surface area contributed by atoms with Gasteiger partial charge in [-0.1, -0.05) is 18.2 Å². The second-order valence-electron chi connectivity index (χ2n) is 7.95. The molecular formula is C24H27FN4O3. The van der Waals surface area contributed by atoms with Crippen molar-refractivity contribution in [2.45, 2.75) is 25.0 Å². The molecule has 0 bridgehead atoms. The number of halogens is 1. The van der Waals surface area contributed by atoms with E-state index in [2.05, 4.69) is 27.4 Å². The number of methoxy groups -OCH3 is 2. The summed E-state index contributed by atoms with van der Waals surface area (Å²) in [6, 6.07) is 14.1. The minimum absolute atomic E-state index is 0.160. The van der Waals surface area contributed by atoms with Crippen molar-refractivity contribution in [3.05, 3.63) is 77.9 Å². The highest BCUT2D eigenvalue weighted by Crippen LogP contribution is 2.30. The maximum absolute atomic E-state index is 13.4. The van der Waals surface area contributed by atoms with Gasteiger partial charge in [-0.3, -0.25) is 14.4 Å². The maximum Gasteiger partial charge on any atom is 0.255 e. The molecule has 0 spiro atoms. The number of hydrogen-bond acceptors (Lipinski definition) is 5. The number of amides is 1. The molecule has 8 heteroatoms. The standard InChI is InChI=1S/C24H27FN4O3/c1-31-16-22-11-21(15-28(22)13-17-6-8-23(32-2)9-7-17)29-14-20(12-26-29)27-24(30)18-4-3-5-19(25)10-18/h3-10,12,14,21-22H,11,13,15-16H2,1-2H3,(H,27,30)/t21-,22-/m0/s1. The number of aromatic nitrogens is 2. The van der Waals surface area contributed by atoms with Crippen LogP contribution in [0.15, 0.2) is 60.9 Å². The molecule has 0 unspecified atom stereocenters. The molecule has 0 aliphatic carbocycles. The highest BCUT2D eigenvalue weighted by atomic mass is 19.1. The van der Waals surface area contributed by atoms with Crippen LogP contribution in [0.25, 0.3) is 0 Å². The van der Waals surface area contributed by atoms with Gasteiger partial charge in [-0.2, -0.15) is 5.10 Å². The Morgan fingerprint density at radius 3 is 2.75 bits per heavy atom. The van der Waals surface area contributed by atoms with Gasteiger partial charge in [-0.15, -0.1) is 0 Å². The first-order valence-electron chi connectivity index (χ1n) is 10.5. The van der Waals surface area contributed by atoms with E-state index in [0.29, 0.717) is 12.3 Å². The lowest BCUT2D eigenvalue weighted by Gasteiger charge is -2.23. The third-order valence-corrected chi connectivity index (χ3v) is 5.73. The number of carbonyl (C=O) groups is 1. The zero-order chi connectivity index (χ0) is 22.5. The van der Waals surface area contributed by atoms with Crippen molar-refractivity contribution in [1.29, 1.82) is 0 Å². The molecule has 168 valence electrons. The zero-order valence-corrected chi connectivity index (χ0v) is 18.2. The van der Waals surface area contributed by atoms with Gasteiger partial charge >= 0.3 is 0 Å². The second-order valence-corrected chi connectivity index (χ2v) is 7.95. The molecule has 3 aromatic rings. The minimum Gasteiger partial charge on any atom is -0.497 e. The third-order valence-electron chi connectivity index (χ3n) is 5.73. The Labute approximate surface area is 186 Å². The van der Waals surface area contributed by atoms with Gasteiger partial charge in [0.25, 0.3) is 5.91 Å². The molecule has 1 aliphatic heterocycles. The van der Waals surface area contributed by atoms with Crippen LogP contribution in [0.5, 0.6) is 5.75 Å². The summed E-state index contributed by atoms with van der Waals surface area (Å²) in [6.45, 7) is 2.26. The fourth-order valence-corrected chi connectivity index (χ4v) is 4.11. The number of ether oxygens (including phenoxy) is 2. The normalized spacial score (nSPS) is 18.6. The first-order chi connectivity index (χ1) is 15.6. The maximum atomic E-state index is 13.4. The van der Waals surface area contributed by atoms with Crippen LogP contribution in [0, 0.1) is 5.82 Å². The van der Waals surface area contributed by atoms with E-state index in [0.717, 1.165) is 25.3 Å². The van der Waals surface area contributed by atoms with Crippen LogP contribution in [0.2, 0.25) is 0 Å². The first kappa shape index (κ1) is 22.0.